The predicted molar refractivity (Wildman–Crippen MR) is 166 cm³/mol. The van der Waals surface area contributed by atoms with E-state index in [1.54, 1.807) is 6.20 Å². The summed E-state index contributed by atoms with van der Waals surface area (Å²) in [6.45, 7) is 8.82. The smallest absolute Gasteiger partial charge is 0.251 e. The molecule has 2 atom stereocenters. The molecule has 2 saturated heterocycles. The number of pyridine rings is 1. The summed E-state index contributed by atoms with van der Waals surface area (Å²) in [5, 5.41) is 13.1. The highest BCUT2D eigenvalue weighted by atomic mass is 16.5. The molecule has 2 aliphatic rings. The average Bonchev–Trinajstić information content (AvgIpc) is 3.48. The molecule has 0 bridgehead atoms. The van der Waals surface area contributed by atoms with Gasteiger partial charge in [0.1, 0.15) is 29.2 Å². The normalized spacial score (nSPS) is 19.7. The number of fused-ring (bicyclic) bond motifs is 1. The van der Waals surface area contributed by atoms with Crippen molar-refractivity contribution in [3.63, 3.8) is 0 Å². The van der Waals surface area contributed by atoms with Gasteiger partial charge in [0.15, 0.2) is 5.58 Å². The minimum absolute atomic E-state index is 0.0483. The van der Waals surface area contributed by atoms with E-state index in [0.717, 1.165) is 67.5 Å². The van der Waals surface area contributed by atoms with Crippen LogP contribution in [0.1, 0.15) is 55.5 Å². The number of piperidine rings is 1. The second-order valence-corrected chi connectivity index (χ2v) is 11.7. The molecule has 4 aromatic rings. The lowest BCUT2D eigenvalue weighted by Crippen LogP contribution is -2.51. The first-order valence-corrected chi connectivity index (χ1v) is 15.3. The molecule has 0 radical (unpaired) electrons. The van der Waals surface area contributed by atoms with Crippen molar-refractivity contribution in [2.75, 3.05) is 32.8 Å². The molecular formula is C35H38N4O4. The zero-order chi connectivity index (χ0) is 29.8. The molecule has 2 fully saturated rings. The van der Waals surface area contributed by atoms with E-state index in [-0.39, 0.29) is 18.1 Å². The second-order valence-electron chi connectivity index (χ2n) is 11.7. The van der Waals surface area contributed by atoms with E-state index < -0.39 is 0 Å². The molecule has 8 nitrogen and oxygen atoms in total. The van der Waals surface area contributed by atoms with Crippen molar-refractivity contribution in [1.82, 2.24) is 15.2 Å². The Bertz CT molecular complexity index is 1620. The SMILES string of the molecule is CCCN1CCC(C)C(NC(=O)c2ccc(-c3cc4nccc(-c5ccc(OC6CCOCC6)c(C#N)c5)c4o3)cc2)C1. The summed E-state index contributed by atoms with van der Waals surface area (Å²) in [6, 6.07) is 19.4. The van der Waals surface area contributed by atoms with Crippen LogP contribution in [0.5, 0.6) is 5.75 Å². The van der Waals surface area contributed by atoms with E-state index in [1.807, 2.05) is 54.6 Å². The Hall–Kier alpha value is -4.19. The maximum absolute atomic E-state index is 13.1. The molecule has 1 amide bonds. The Labute approximate surface area is 252 Å². The first-order chi connectivity index (χ1) is 21.0. The summed E-state index contributed by atoms with van der Waals surface area (Å²) in [5.74, 6) is 1.66. The quantitative estimate of drug-likeness (QED) is 0.257. The van der Waals surface area contributed by atoms with Gasteiger partial charge in [-0.1, -0.05) is 32.0 Å². The van der Waals surface area contributed by atoms with E-state index in [9.17, 15) is 10.1 Å². The molecule has 0 saturated carbocycles. The third-order valence-electron chi connectivity index (χ3n) is 8.62. The number of amides is 1. The molecule has 1 N–H and O–H groups in total. The molecule has 8 heteroatoms. The Kier molecular flexibility index (Phi) is 8.73. The van der Waals surface area contributed by atoms with Crippen molar-refractivity contribution in [2.45, 2.75) is 51.7 Å². The van der Waals surface area contributed by atoms with Gasteiger partial charge in [0.05, 0.1) is 18.8 Å². The Morgan fingerprint density at radius 2 is 1.88 bits per heavy atom. The highest BCUT2D eigenvalue weighted by molar-refractivity contribution is 5.95. The van der Waals surface area contributed by atoms with Crippen molar-refractivity contribution < 1.29 is 18.7 Å². The fourth-order valence-electron chi connectivity index (χ4n) is 6.05. The lowest BCUT2D eigenvalue weighted by atomic mass is 9.93. The topological polar surface area (TPSA) is 101 Å². The number of furan rings is 1. The average molecular weight is 579 g/mol. The van der Waals surface area contributed by atoms with E-state index in [1.165, 1.54) is 0 Å². The number of carbonyl (C=O) groups is 1. The van der Waals surface area contributed by atoms with E-state index in [4.69, 9.17) is 13.9 Å². The van der Waals surface area contributed by atoms with Crippen LogP contribution in [0, 0.1) is 17.2 Å². The molecule has 0 aliphatic carbocycles. The predicted octanol–water partition coefficient (Wildman–Crippen LogP) is 6.44. The first kappa shape index (κ1) is 28.9. The van der Waals surface area contributed by atoms with Crippen LogP contribution in [0.15, 0.2) is 65.2 Å². The lowest BCUT2D eigenvalue weighted by molar-refractivity contribution is 0.0254. The standard InChI is InChI=1S/C35H38N4O4/c1-3-15-39-16-11-23(2)31(22-39)38-35(40)25-6-4-24(5-7-25)33-20-30-34(43-33)29(10-14-37-30)26-8-9-32(27(19-26)21-36)42-28-12-17-41-18-13-28/h4-10,14,19-20,23,28,31H,3,11-13,15-18,22H2,1-2H3,(H,38,40). The zero-order valence-corrected chi connectivity index (χ0v) is 24.8. The lowest BCUT2D eigenvalue weighted by Gasteiger charge is -2.37. The molecule has 222 valence electrons. The van der Waals surface area contributed by atoms with Crippen LogP contribution in [0.3, 0.4) is 0 Å². The summed E-state index contributed by atoms with van der Waals surface area (Å²) >= 11 is 0. The van der Waals surface area contributed by atoms with Crippen LogP contribution in [0.2, 0.25) is 0 Å². The van der Waals surface area contributed by atoms with Gasteiger partial charge in [0.2, 0.25) is 0 Å². The largest absolute Gasteiger partial charge is 0.489 e. The van der Waals surface area contributed by atoms with Crippen molar-refractivity contribution in [3.8, 4) is 34.3 Å². The van der Waals surface area contributed by atoms with Gasteiger partial charge in [-0.2, -0.15) is 5.26 Å². The van der Waals surface area contributed by atoms with E-state index >= 15 is 0 Å². The third-order valence-corrected chi connectivity index (χ3v) is 8.62. The van der Waals surface area contributed by atoms with Crippen LogP contribution in [-0.4, -0.2) is 60.8 Å². The Morgan fingerprint density at radius 3 is 2.65 bits per heavy atom. The number of hydrogen-bond acceptors (Lipinski definition) is 7. The van der Waals surface area contributed by atoms with Crippen molar-refractivity contribution in [3.05, 3.63) is 71.9 Å². The summed E-state index contributed by atoms with van der Waals surface area (Å²) < 4.78 is 17.9. The molecule has 0 spiro atoms. The van der Waals surface area contributed by atoms with Gasteiger partial charge in [-0.15, -0.1) is 0 Å². The van der Waals surface area contributed by atoms with E-state index in [2.05, 4.69) is 35.1 Å². The van der Waals surface area contributed by atoms with Gasteiger partial charge in [-0.3, -0.25) is 9.78 Å². The number of nitrogens with one attached hydrogen (secondary N) is 1. The van der Waals surface area contributed by atoms with Crippen LogP contribution in [0.25, 0.3) is 33.6 Å². The van der Waals surface area contributed by atoms with Crippen LogP contribution < -0.4 is 10.1 Å². The molecule has 2 unspecified atom stereocenters. The number of rotatable bonds is 8. The van der Waals surface area contributed by atoms with Crippen molar-refractivity contribution in [2.24, 2.45) is 5.92 Å². The number of nitrogens with zero attached hydrogens (tertiary/aromatic N) is 3. The van der Waals surface area contributed by atoms with Gasteiger partial charge in [-0.25, -0.2) is 0 Å². The molecular weight excluding hydrogens is 540 g/mol. The zero-order valence-electron chi connectivity index (χ0n) is 24.8. The fourth-order valence-corrected chi connectivity index (χ4v) is 6.05. The third kappa shape index (κ3) is 6.43. The highest BCUT2D eigenvalue weighted by Crippen LogP contribution is 2.35. The molecule has 6 rings (SSSR count). The minimum Gasteiger partial charge on any atom is -0.489 e. The summed E-state index contributed by atoms with van der Waals surface area (Å²) in [4.78, 5) is 20.1. The van der Waals surface area contributed by atoms with Crippen LogP contribution in [-0.2, 0) is 4.74 Å². The number of hydrogen-bond donors (Lipinski definition) is 1. The number of nitriles is 1. The molecule has 4 heterocycles. The number of benzene rings is 2. The van der Waals surface area contributed by atoms with E-state index in [0.29, 0.717) is 47.4 Å². The summed E-state index contributed by atoms with van der Waals surface area (Å²) in [5.41, 5.74) is 5.03. The van der Waals surface area contributed by atoms with Crippen molar-refractivity contribution in [1.29, 1.82) is 5.26 Å². The number of likely N-dealkylation sites (tertiary alicyclic amines) is 1. The maximum atomic E-state index is 13.1. The van der Waals surface area contributed by atoms with Crippen LogP contribution >= 0.6 is 0 Å². The number of aromatic nitrogens is 1. The van der Waals surface area contributed by atoms with Gasteiger partial charge < -0.3 is 24.1 Å². The minimum atomic E-state index is -0.0483. The van der Waals surface area contributed by atoms with Crippen molar-refractivity contribution >= 4 is 17.0 Å². The fraction of sp³-hybridized carbons (Fsp3) is 0.400. The van der Waals surface area contributed by atoms with Gasteiger partial charge >= 0.3 is 0 Å². The Morgan fingerprint density at radius 1 is 1.09 bits per heavy atom. The van der Waals surface area contributed by atoms with Gasteiger partial charge in [-0.05, 0) is 67.7 Å². The summed E-state index contributed by atoms with van der Waals surface area (Å²) in [7, 11) is 0. The monoisotopic (exact) mass is 578 g/mol. The highest BCUT2D eigenvalue weighted by Gasteiger charge is 2.27. The Balaban J connectivity index is 1.19. The molecule has 43 heavy (non-hydrogen) atoms. The number of ether oxygens (including phenoxy) is 2. The van der Waals surface area contributed by atoms with Gasteiger partial charge in [0.25, 0.3) is 5.91 Å². The molecule has 2 aromatic carbocycles. The maximum Gasteiger partial charge on any atom is 0.251 e. The second kappa shape index (κ2) is 13.0. The number of carbonyl (C=O) groups excluding carboxylic acids is 1. The molecule has 2 aromatic heterocycles. The first-order valence-electron chi connectivity index (χ1n) is 15.3. The molecule has 2 aliphatic heterocycles. The summed E-state index contributed by atoms with van der Waals surface area (Å²) in [6.07, 6.45) is 5.64. The van der Waals surface area contributed by atoms with Crippen LogP contribution in [0.4, 0.5) is 0 Å². The van der Waals surface area contributed by atoms with Gasteiger partial charge in [0, 0.05) is 54.4 Å².